The molecule has 0 aromatic rings. The van der Waals surface area contributed by atoms with Gasteiger partial charge in [-0.15, -0.1) is 6.58 Å². The summed E-state index contributed by atoms with van der Waals surface area (Å²) in [6, 6.07) is 1.86. The van der Waals surface area contributed by atoms with Gasteiger partial charge in [0.2, 0.25) is 0 Å². The van der Waals surface area contributed by atoms with Crippen molar-refractivity contribution in [1.82, 2.24) is 5.32 Å². The number of nitrogens with zero attached hydrogens (tertiary/aromatic N) is 1. The lowest BCUT2D eigenvalue weighted by Gasteiger charge is -2.16. The fourth-order valence-electron chi connectivity index (χ4n) is 0.888. The summed E-state index contributed by atoms with van der Waals surface area (Å²) in [5.41, 5.74) is 0. The molecule has 0 spiro atoms. The molecule has 1 atom stereocenters. The molecule has 0 aromatic heterocycles. The van der Waals surface area contributed by atoms with Crippen molar-refractivity contribution >= 4 is 0 Å². The van der Waals surface area contributed by atoms with Gasteiger partial charge in [-0.05, 0) is 0 Å². The molecular formula is C9H16N2O2. The normalized spacial score (nSPS) is 12.5. The molecule has 4 nitrogen and oxygen atoms in total. The van der Waals surface area contributed by atoms with Crippen molar-refractivity contribution in [2.75, 3.05) is 20.8 Å². The summed E-state index contributed by atoms with van der Waals surface area (Å²) in [5.74, 6) is 0. The second-order valence-electron chi connectivity index (χ2n) is 2.52. The van der Waals surface area contributed by atoms with Crippen LogP contribution in [0.15, 0.2) is 12.7 Å². The zero-order valence-corrected chi connectivity index (χ0v) is 8.12. The minimum atomic E-state index is -0.332. The van der Waals surface area contributed by atoms with Gasteiger partial charge in [-0.2, -0.15) is 5.26 Å². The van der Waals surface area contributed by atoms with Gasteiger partial charge in [0.15, 0.2) is 6.29 Å². The van der Waals surface area contributed by atoms with Gasteiger partial charge < -0.3 is 9.47 Å². The molecule has 0 bridgehead atoms. The molecule has 13 heavy (non-hydrogen) atoms. The molecule has 0 saturated carbocycles. The molecule has 0 saturated heterocycles. The van der Waals surface area contributed by atoms with Crippen molar-refractivity contribution < 1.29 is 9.47 Å². The van der Waals surface area contributed by atoms with E-state index in [1.165, 1.54) is 0 Å². The highest BCUT2D eigenvalue weighted by Gasteiger charge is 2.13. The zero-order chi connectivity index (χ0) is 10.1. The van der Waals surface area contributed by atoms with Crippen molar-refractivity contribution in [2.45, 2.75) is 18.8 Å². The van der Waals surface area contributed by atoms with Crippen LogP contribution in [0.4, 0.5) is 0 Å². The molecule has 0 rings (SSSR count). The monoisotopic (exact) mass is 184 g/mol. The van der Waals surface area contributed by atoms with Crippen molar-refractivity contribution in [3.8, 4) is 6.07 Å². The van der Waals surface area contributed by atoms with Gasteiger partial charge in [0.1, 0.15) is 6.04 Å². The molecule has 0 fully saturated rings. The van der Waals surface area contributed by atoms with Gasteiger partial charge in [-0.1, -0.05) is 6.08 Å². The van der Waals surface area contributed by atoms with E-state index in [0.717, 1.165) is 0 Å². The van der Waals surface area contributed by atoms with E-state index in [1.54, 1.807) is 20.3 Å². The van der Waals surface area contributed by atoms with E-state index in [4.69, 9.17) is 14.7 Å². The average molecular weight is 184 g/mol. The fourth-order valence-corrected chi connectivity index (χ4v) is 0.888. The second-order valence-corrected chi connectivity index (χ2v) is 2.52. The molecule has 0 amide bonds. The molecule has 0 heterocycles. The van der Waals surface area contributed by atoms with Crippen LogP contribution in [0.2, 0.25) is 0 Å². The zero-order valence-electron chi connectivity index (χ0n) is 8.12. The Bertz CT molecular complexity index is 173. The fraction of sp³-hybridized carbons (Fsp3) is 0.667. The minimum Gasteiger partial charge on any atom is -0.356 e. The first-order valence-corrected chi connectivity index (χ1v) is 4.08. The predicted molar refractivity (Wildman–Crippen MR) is 50.0 cm³/mol. The van der Waals surface area contributed by atoms with Gasteiger partial charge in [-0.3, -0.25) is 5.32 Å². The lowest BCUT2D eigenvalue weighted by molar-refractivity contribution is -0.108. The Balaban J connectivity index is 3.82. The second kappa shape index (κ2) is 7.74. The van der Waals surface area contributed by atoms with E-state index in [1.807, 2.05) is 0 Å². The quantitative estimate of drug-likeness (QED) is 0.466. The van der Waals surface area contributed by atoms with Crippen LogP contribution in [0, 0.1) is 11.3 Å². The smallest absolute Gasteiger partial charge is 0.159 e. The van der Waals surface area contributed by atoms with Crippen LogP contribution in [0.5, 0.6) is 0 Å². The number of ether oxygens (including phenoxy) is 2. The number of hydrogen-bond acceptors (Lipinski definition) is 4. The molecule has 4 heteroatoms. The van der Waals surface area contributed by atoms with Crippen LogP contribution in [-0.4, -0.2) is 33.1 Å². The highest BCUT2D eigenvalue weighted by atomic mass is 16.7. The van der Waals surface area contributed by atoms with Crippen molar-refractivity contribution in [3.05, 3.63) is 12.7 Å². The van der Waals surface area contributed by atoms with Crippen LogP contribution >= 0.6 is 0 Å². The molecule has 0 aliphatic carbocycles. The van der Waals surface area contributed by atoms with Crippen molar-refractivity contribution in [2.24, 2.45) is 0 Å². The molecular weight excluding hydrogens is 168 g/mol. The maximum atomic E-state index is 8.73. The first-order valence-electron chi connectivity index (χ1n) is 4.08. The van der Waals surface area contributed by atoms with E-state index in [2.05, 4.69) is 18.0 Å². The number of methoxy groups -OCH3 is 2. The predicted octanol–water partition coefficient (Wildman–Crippen LogP) is 0.663. The number of nitrogens with one attached hydrogen (secondary N) is 1. The summed E-state index contributed by atoms with van der Waals surface area (Å²) in [6.45, 7) is 4.16. The Morgan fingerprint density at radius 1 is 1.54 bits per heavy atom. The Morgan fingerprint density at radius 3 is 2.54 bits per heavy atom. The SMILES string of the molecule is C=CCNC(C#N)CC(OC)OC. The molecule has 0 aliphatic heterocycles. The summed E-state index contributed by atoms with van der Waals surface area (Å²) >= 11 is 0. The Labute approximate surface area is 79.1 Å². The third-order valence-corrected chi connectivity index (χ3v) is 1.62. The summed E-state index contributed by atoms with van der Waals surface area (Å²) in [4.78, 5) is 0. The number of hydrogen-bond donors (Lipinski definition) is 1. The highest BCUT2D eigenvalue weighted by Crippen LogP contribution is 2.01. The Morgan fingerprint density at radius 2 is 2.15 bits per heavy atom. The largest absolute Gasteiger partial charge is 0.356 e. The van der Waals surface area contributed by atoms with Crippen LogP contribution in [0.25, 0.3) is 0 Å². The lowest BCUT2D eigenvalue weighted by atomic mass is 10.2. The molecule has 0 aromatic carbocycles. The highest BCUT2D eigenvalue weighted by molar-refractivity contribution is 4.92. The van der Waals surface area contributed by atoms with Crippen molar-refractivity contribution in [1.29, 1.82) is 5.26 Å². The molecule has 1 N–H and O–H groups in total. The van der Waals surface area contributed by atoms with Gasteiger partial charge in [0.25, 0.3) is 0 Å². The minimum absolute atomic E-state index is 0.261. The molecule has 74 valence electrons. The first kappa shape index (κ1) is 12.1. The summed E-state index contributed by atoms with van der Waals surface area (Å²) in [7, 11) is 3.10. The summed E-state index contributed by atoms with van der Waals surface area (Å²) < 4.78 is 9.95. The van der Waals surface area contributed by atoms with Gasteiger partial charge in [-0.25, -0.2) is 0 Å². The van der Waals surface area contributed by atoms with Crippen LogP contribution in [0.1, 0.15) is 6.42 Å². The van der Waals surface area contributed by atoms with Crippen LogP contribution in [0.3, 0.4) is 0 Å². The van der Waals surface area contributed by atoms with E-state index < -0.39 is 0 Å². The van der Waals surface area contributed by atoms with E-state index in [0.29, 0.717) is 13.0 Å². The molecule has 0 radical (unpaired) electrons. The van der Waals surface area contributed by atoms with Crippen LogP contribution in [-0.2, 0) is 9.47 Å². The number of rotatable bonds is 7. The Kier molecular flexibility index (Phi) is 7.21. The average Bonchev–Trinajstić information content (AvgIpc) is 2.19. The summed E-state index contributed by atoms with van der Waals surface area (Å²) in [5, 5.41) is 11.7. The van der Waals surface area contributed by atoms with E-state index >= 15 is 0 Å². The Hall–Kier alpha value is -0.890. The van der Waals surface area contributed by atoms with E-state index in [9.17, 15) is 0 Å². The summed E-state index contributed by atoms with van der Waals surface area (Å²) in [6.07, 6.45) is 1.89. The maximum Gasteiger partial charge on any atom is 0.159 e. The first-order chi connectivity index (χ1) is 6.28. The maximum absolute atomic E-state index is 8.73. The van der Waals surface area contributed by atoms with Crippen LogP contribution < -0.4 is 5.32 Å². The van der Waals surface area contributed by atoms with Crippen molar-refractivity contribution in [3.63, 3.8) is 0 Å². The van der Waals surface area contributed by atoms with Gasteiger partial charge in [0, 0.05) is 27.2 Å². The topological polar surface area (TPSA) is 54.3 Å². The van der Waals surface area contributed by atoms with Gasteiger partial charge in [0.05, 0.1) is 6.07 Å². The van der Waals surface area contributed by atoms with E-state index in [-0.39, 0.29) is 12.3 Å². The molecule has 0 aliphatic rings. The molecule has 1 unspecified atom stereocenters. The number of nitriles is 1. The standard InChI is InChI=1S/C9H16N2O2/c1-4-5-11-8(7-10)6-9(12-2)13-3/h4,8-9,11H,1,5-6H2,2-3H3. The lowest BCUT2D eigenvalue weighted by Crippen LogP contribution is -2.32. The third-order valence-electron chi connectivity index (χ3n) is 1.62. The van der Waals surface area contributed by atoms with Gasteiger partial charge >= 0.3 is 0 Å². The third kappa shape index (κ3) is 5.36.